The monoisotopic (exact) mass is 395 g/mol. The maximum atomic E-state index is 12.9. The standard InChI is InChI=1S/C26H25N3O/c1-18-10-12-20(13-11-18)16-29-24-9-4-3-8-23(24)27-26(29)21-15-25(30)28(17-21)22-7-5-6-19(2)14-22/h3-14,21H,15-17H2,1-2H3/t21-/m1/s1. The van der Waals surface area contributed by atoms with Crippen LogP contribution in [0.3, 0.4) is 0 Å². The Labute approximate surface area is 176 Å². The van der Waals surface area contributed by atoms with E-state index in [-0.39, 0.29) is 11.8 Å². The maximum Gasteiger partial charge on any atom is 0.227 e. The van der Waals surface area contributed by atoms with E-state index in [0.29, 0.717) is 13.0 Å². The lowest BCUT2D eigenvalue weighted by Gasteiger charge is -2.18. The molecule has 1 amide bonds. The highest BCUT2D eigenvalue weighted by Gasteiger charge is 2.34. The molecule has 4 nitrogen and oxygen atoms in total. The Hall–Kier alpha value is -3.40. The number of benzene rings is 3. The van der Waals surface area contributed by atoms with E-state index in [9.17, 15) is 4.79 Å². The molecule has 1 fully saturated rings. The maximum absolute atomic E-state index is 12.9. The minimum Gasteiger partial charge on any atom is -0.323 e. The van der Waals surface area contributed by atoms with E-state index in [1.807, 2.05) is 23.1 Å². The van der Waals surface area contributed by atoms with Gasteiger partial charge in [-0.05, 0) is 49.2 Å². The Morgan fingerprint density at radius 2 is 1.73 bits per heavy atom. The summed E-state index contributed by atoms with van der Waals surface area (Å²) in [7, 11) is 0. The number of aryl methyl sites for hydroxylation is 2. The first-order chi connectivity index (χ1) is 14.6. The zero-order valence-corrected chi connectivity index (χ0v) is 17.4. The third kappa shape index (κ3) is 3.39. The number of imidazole rings is 1. The molecule has 0 radical (unpaired) electrons. The highest BCUT2D eigenvalue weighted by atomic mass is 16.2. The number of anilines is 1. The predicted octanol–water partition coefficient (Wildman–Crippen LogP) is 5.22. The summed E-state index contributed by atoms with van der Waals surface area (Å²) in [6.07, 6.45) is 0.491. The highest BCUT2D eigenvalue weighted by Crippen LogP contribution is 2.33. The van der Waals surface area contributed by atoms with E-state index >= 15 is 0 Å². The number of hydrogen-bond donors (Lipinski definition) is 0. The summed E-state index contributed by atoms with van der Waals surface area (Å²) in [5.74, 6) is 1.25. The van der Waals surface area contributed by atoms with Crippen molar-refractivity contribution in [2.24, 2.45) is 0 Å². The van der Waals surface area contributed by atoms with Gasteiger partial charge in [-0.15, -0.1) is 0 Å². The number of fused-ring (bicyclic) bond motifs is 1. The van der Waals surface area contributed by atoms with Gasteiger partial charge in [0.1, 0.15) is 5.82 Å². The molecule has 4 heteroatoms. The van der Waals surface area contributed by atoms with Crippen LogP contribution in [-0.4, -0.2) is 22.0 Å². The number of hydrogen-bond acceptors (Lipinski definition) is 2. The van der Waals surface area contributed by atoms with Crippen LogP contribution in [-0.2, 0) is 11.3 Å². The SMILES string of the molecule is Cc1ccc(Cn2c([C@@H]3CC(=O)N(c4cccc(C)c4)C3)nc3ccccc32)cc1. The van der Waals surface area contributed by atoms with E-state index in [1.54, 1.807) is 0 Å². The lowest BCUT2D eigenvalue weighted by molar-refractivity contribution is -0.117. The van der Waals surface area contributed by atoms with Gasteiger partial charge < -0.3 is 9.47 Å². The molecule has 1 aliphatic rings. The summed E-state index contributed by atoms with van der Waals surface area (Å²) < 4.78 is 2.29. The van der Waals surface area contributed by atoms with Crippen molar-refractivity contribution < 1.29 is 4.79 Å². The third-order valence-corrected chi connectivity index (χ3v) is 5.95. The van der Waals surface area contributed by atoms with E-state index in [2.05, 4.69) is 73.0 Å². The molecule has 5 rings (SSSR count). The highest BCUT2D eigenvalue weighted by molar-refractivity contribution is 5.96. The molecule has 0 aliphatic carbocycles. The van der Waals surface area contributed by atoms with Crippen LogP contribution in [0.1, 0.15) is 34.9 Å². The van der Waals surface area contributed by atoms with Gasteiger partial charge in [-0.25, -0.2) is 4.98 Å². The molecule has 150 valence electrons. The Balaban J connectivity index is 1.52. The van der Waals surface area contributed by atoms with Crippen LogP contribution >= 0.6 is 0 Å². The van der Waals surface area contributed by atoms with Gasteiger partial charge in [0.25, 0.3) is 0 Å². The second kappa shape index (κ2) is 7.45. The van der Waals surface area contributed by atoms with Crippen LogP contribution in [0, 0.1) is 13.8 Å². The summed E-state index contributed by atoms with van der Waals surface area (Å²) in [4.78, 5) is 19.8. The molecule has 0 spiro atoms. The predicted molar refractivity (Wildman–Crippen MR) is 121 cm³/mol. The molecular formula is C26H25N3O. The van der Waals surface area contributed by atoms with Gasteiger partial charge in [0.15, 0.2) is 0 Å². The average molecular weight is 396 g/mol. The van der Waals surface area contributed by atoms with Crippen molar-refractivity contribution in [1.29, 1.82) is 0 Å². The number of para-hydroxylation sites is 2. The number of carbonyl (C=O) groups excluding carboxylic acids is 1. The second-order valence-electron chi connectivity index (χ2n) is 8.27. The van der Waals surface area contributed by atoms with Crippen molar-refractivity contribution in [3.05, 3.63) is 95.3 Å². The summed E-state index contributed by atoms with van der Waals surface area (Å²) in [6.45, 7) is 5.58. The molecule has 2 heterocycles. The fourth-order valence-electron chi connectivity index (χ4n) is 4.37. The molecule has 3 aromatic carbocycles. The van der Waals surface area contributed by atoms with Crippen LogP contribution < -0.4 is 4.90 Å². The Morgan fingerprint density at radius 3 is 2.53 bits per heavy atom. The number of nitrogens with zero attached hydrogens (tertiary/aromatic N) is 3. The second-order valence-corrected chi connectivity index (χ2v) is 8.27. The number of amides is 1. The van der Waals surface area contributed by atoms with Crippen LogP contribution in [0.25, 0.3) is 11.0 Å². The largest absolute Gasteiger partial charge is 0.323 e. The summed E-state index contributed by atoms with van der Waals surface area (Å²) in [5.41, 5.74) is 6.74. The van der Waals surface area contributed by atoms with E-state index in [1.165, 1.54) is 11.1 Å². The van der Waals surface area contributed by atoms with Crippen LogP contribution in [0.15, 0.2) is 72.8 Å². The molecule has 30 heavy (non-hydrogen) atoms. The average Bonchev–Trinajstić information content (AvgIpc) is 3.30. The first-order valence-electron chi connectivity index (χ1n) is 10.5. The van der Waals surface area contributed by atoms with Crippen LogP contribution in [0.5, 0.6) is 0 Å². The quantitative estimate of drug-likeness (QED) is 0.475. The zero-order valence-electron chi connectivity index (χ0n) is 17.4. The van der Waals surface area contributed by atoms with Crippen molar-refractivity contribution in [1.82, 2.24) is 9.55 Å². The molecule has 0 bridgehead atoms. The zero-order chi connectivity index (χ0) is 20.7. The molecule has 1 saturated heterocycles. The Bertz CT molecular complexity index is 1220. The summed E-state index contributed by atoms with van der Waals surface area (Å²) >= 11 is 0. The Morgan fingerprint density at radius 1 is 0.933 bits per heavy atom. The number of rotatable bonds is 4. The molecular weight excluding hydrogens is 370 g/mol. The smallest absolute Gasteiger partial charge is 0.227 e. The van der Waals surface area contributed by atoms with Crippen molar-refractivity contribution in [3.8, 4) is 0 Å². The van der Waals surface area contributed by atoms with Gasteiger partial charge in [0.2, 0.25) is 5.91 Å². The molecule has 1 aromatic heterocycles. The van der Waals surface area contributed by atoms with E-state index in [0.717, 1.165) is 34.7 Å². The number of aromatic nitrogens is 2. The van der Waals surface area contributed by atoms with Crippen molar-refractivity contribution >= 4 is 22.6 Å². The lowest BCUT2D eigenvalue weighted by atomic mass is 10.1. The van der Waals surface area contributed by atoms with Gasteiger partial charge >= 0.3 is 0 Å². The van der Waals surface area contributed by atoms with Gasteiger partial charge in [-0.3, -0.25) is 4.79 Å². The van der Waals surface area contributed by atoms with Crippen molar-refractivity contribution in [3.63, 3.8) is 0 Å². The fourth-order valence-corrected chi connectivity index (χ4v) is 4.37. The summed E-state index contributed by atoms with van der Waals surface area (Å²) in [6, 6.07) is 25.1. The topological polar surface area (TPSA) is 38.1 Å². The van der Waals surface area contributed by atoms with Gasteiger partial charge in [-0.2, -0.15) is 0 Å². The van der Waals surface area contributed by atoms with Gasteiger partial charge in [0.05, 0.1) is 11.0 Å². The van der Waals surface area contributed by atoms with Crippen LogP contribution in [0.4, 0.5) is 5.69 Å². The van der Waals surface area contributed by atoms with Gasteiger partial charge in [0, 0.05) is 31.1 Å². The molecule has 0 unspecified atom stereocenters. The third-order valence-electron chi connectivity index (χ3n) is 5.95. The lowest BCUT2D eigenvalue weighted by Crippen LogP contribution is -2.24. The minimum absolute atomic E-state index is 0.0795. The number of carbonyl (C=O) groups is 1. The normalized spacial score (nSPS) is 16.5. The van der Waals surface area contributed by atoms with Gasteiger partial charge in [-0.1, -0.05) is 54.1 Å². The van der Waals surface area contributed by atoms with Crippen molar-refractivity contribution in [2.75, 3.05) is 11.4 Å². The first-order valence-corrected chi connectivity index (χ1v) is 10.5. The first kappa shape index (κ1) is 18.6. The molecule has 1 atom stereocenters. The van der Waals surface area contributed by atoms with Crippen LogP contribution in [0.2, 0.25) is 0 Å². The Kier molecular flexibility index (Phi) is 4.62. The van der Waals surface area contributed by atoms with E-state index in [4.69, 9.17) is 4.98 Å². The minimum atomic E-state index is 0.0795. The van der Waals surface area contributed by atoms with E-state index < -0.39 is 0 Å². The molecule has 0 N–H and O–H groups in total. The molecule has 0 saturated carbocycles. The molecule has 4 aromatic rings. The molecule has 1 aliphatic heterocycles. The summed E-state index contributed by atoms with van der Waals surface area (Å²) in [5, 5.41) is 0. The van der Waals surface area contributed by atoms with Crippen molar-refractivity contribution in [2.45, 2.75) is 32.7 Å². The fraction of sp³-hybridized carbons (Fsp3) is 0.231.